The van der Waals surface area contributed by atoms with E-state index in [9.17, 15) is 4.79 Å². The molecule has 116 valence electrons. The largest absolute Gasteiger partial charge is 0.496 e. The molecule has 0 radical (unpaired) electrons. The molecule has 0 spiro atoms. The SMILES string of the molecule is COc1ccc(C)cc1CN(C)C(=O)/C=C\c1cnn(C)c1. The molecule has 0 unspecified atom stereocenters. The van der Waals surface area contributed by atoms with E-state index in [2.05, 4.69) is 5.10 Å². The van der Waals surface area contributed by atoms with Crippen molar-refractivity contribution < 1.29 is 9.53 Å². The van der Waals surface area contributed by atoms with Crippen molar-refractivity contribution in [3.8, 4) is 5.75 Å². The number of benzene rings is 1. The highest BCUT2D eigenvalue weighted by Crippen LogP contribution is 2.21. The molecule has 2 aromatic rings. The van der Waals surface area contributed by atoms with Gasteiger partial charge in [-0.3, -0.25) is 9.48 Å². The standard InChI is InChI=1S/C17H21N3O2/c1-13-5-7-16(22-4)15(9-13)12-19(2)17(21)8-6-14-10-18-20(3)11-14/h5-11H,12H2,1-4H3/b8-6-. The van der Waals surface area contributed by atoms with Gasteiger partial charge in [0.2, 0.25) is 5.91 Å². The normalized spacial score (nSPS) is 10.9. The van der Waals surface area contributed by atoms with Crippen molar-refractivity contribution in [1.29, 1.82) is 0 Å². The Morgan fingerprint density at radius 2 is 2.23 bits per heavy atom. The molecule has 1 amide bonds. The lowest BCUT2D eigenvalue weighted by Gasteiger charge is -2.17. The number of methoxy groups -OCH3 is 1. The number of aryl methyl sites for hydroxylation is 2. The first-order chi connectivity index (χ1) is 10.5. The number of aromatic nitrogens is 2. The van der Waals surface area contributed by atoms with Crippen molar-refractivity contribution in [1.82, 2.24) is 14.7 Å². The molecule has 0 fully saturated rings. The molecule has 1 aromatic carbocycles. The van der Waals surface area contributed by atoms with Crippen LogP contribution in [-0.2, 0) is 18.4 Å². The molecule has 2 rings (SSSR count). The summed E-state index contributed by atoms with van der Waals surface area (Å²) in [4.78, 5) is 13.8. The summed E-state index contributed by atoms with van der Waals surface area (Å²) in [5.41, 5.74) is 3.04. The van der Waals surface area contributed by atoms with Crippen LogP contribution in [0.4, 0.5) is 0 Å². The van der Waals surface area contributed by atoms with Crippen molar-refractivity contribution in [2.75, 3.05) is 14.2 Å². The van der Waals surface area contributed by atoms with E-state index in [1.165, 1.54) is 0 Å². The maximum Gasteiger partial charge on any atom is 0.246 e. The van der Waals surface area contributed by atoms with Crippen LogP contribution in [0.3, 0.4) is 0 Å². The number of rotatable bonds is 5. The Balaban J connectivity index is 2.05. The fourth-order valence-corrected chi connectivity index (χ4v) is 2.19. The van der Waals surface area contributed by atoms with Crippen LogP contribution < -0.4 is 4.74 Å². The van der Waals surface area contributed by atoms with E-state index in [-0.39, 0.29) is 5.91 Å². The number of ether oxygens (including phenoxy) is 1. The summed E-state index contributed by atoms with van der Waals surface area (Å²) < 4.78 is 7.05. The average Bonchev–Trinajstić information content (AvgIpc) is 2.90. The summed E-state index contributed by atoms with van der Waals surface area (Å²) in [6.07, 6.45) is 6.89. The first kappa shape index (κ1) is 15.8. The Hall–Kier alpha value is -2.56. The molecular weight excluding hydrogens is 278 g/mol. The second-order valence-electron chi connectivity index (χ2n) is 5.29. The number of hydrogen-bond donors (Lipinski definition) is 0. The third kappa shape index (κ3) is 3.97. The lowest BCUT2D eigenvalue weighted by atomic mass is 10.1. The molecular formula is C17H21N3O2. The number of amides is 1. The van der Waals surface area contributed by atoms with Gasteiger partial charge in [-0.1, -0.05) is 17.7 Å². The maximum absolute atomic E-state index is 12.2. The fraction of sp³-hybridized carbons (Fsp3) is 0.294. The van der Waals surface area contributed by atoms with Gasteiger partial charge in [-0.2, -0.15) is 5.10 Å². The van der Waals surface area contributed by atoms with Crippen LogP contribution in [0, 0.1) is 6.92 Å². The fourth-order valence-electron chi connectivity index (χ4n) is 2.19. The van der Waals surface area contributed by atoms with Crippen LogP contribution in [-0.4, -0.2) is 34.7 Å². The molecule has 0 saturated heterocycles. The smallest absolute Gasteiger partial charge is 0.246 e. The summed E-state index contributed by atoms with van der Waals surface area (Å²) in [5, 5.41) is 4.06. The van der Waals surface area contributed by atoms with Gasteiger partial charge in [0.05, 0.1) is 13.3 Å². The molecule has 22 heavy (non-hydrogen) atoms. The van der Waals surface area contributed by atoms with Gasteiger partial charge in [0, 0.05) is 44.0 Å². The molecule has 5 nitrogen and oxygen atoms in total. The minimum atomic E-state index is -0.0626. The Morgan fingerprint density at radius 3 is 2.86 bits per heavy atom. The number of hydrogen-bond acceptors (Lipinski definition) is 3. The zero-order valence-electron chi connectivity index (χ0n) is 13.4. The first-order valence-electron chi connectivity index (χ1n) is 7.05. The molecule has 0 atom stereocenters. The predicted molar refractivity (Wildman–Crippen MR) is 86.4 cm³/mol. The van der Waals surface area contributed by atoms with Crippen molar-refractivity contribution >= 4 is 12.0 Å². The molecule has 0 aliphatic rings. The molecule has 1 aromatic heterocycles. The average molecular weight is 299 g/mol. The van der Waals surface area contributed by atoms with E-state index < -0.39 is 0 Å². The summed E-state index contributed by atoms with van der Waals surface area (Å²) >= 11 is 0. The van der Waals surface area contributed by atoms with Gasteiger partial charge in [0.15, 0.2) is 0 Å². The third-order valence-corrected chi connectivity index (χ3v) is 3.36. The van der Waals surface area contributed by atoms with Gasteiger partial charge in [0.25, 0.3) is 0 Å². The lowest BCUT2D eigenvalue weighted by Crippen LogP contribution is -2.24. The van der Waals surface area contributed by atoms with Gasteiger partial charge >= 0.3 is 0 Å². The van der Waals surface area contributed by atoms with E-state index >= 15 is 0 Å². The predicted octanol–water partition coefficient (Wildman–Crippen LogP) is 2.41. The lowest BCUT2D eigenvalue weighted by molar-refractivity contribution is -0.125. The van der Waals surface area contributed by atoms with Crippen molar-refractivity contribution in [3.05, 3.63) is 53.4 Å². The van der Waals surface area contributed by atoms with Crippen LogP contribution in [0.25, 0.3) is 6.08 Å². The second kappa shape index (κ2) is 6.93. The number of likely N-dealkylation sites (N-methyl/N-ethyl adjacent to an activating group) is 1. The van der Waals surface area contributed by atoms with Crippen molar-refractivity contribution in [3.63, 3.8) is 0 Å². The van der Waals surface area contributed by atoms with Gasteiger partial charge < -0.3 is 9.64 Å². The molecule has 0 bridgehead atoms. The molecule has 0 aliphatic heterocycles. The second-order valence-corrected chi connectivity index (χ2v) is 5.29. The zero-order chi connectivity index (χ0) is 16.1. The summed E-state index contributed by atoms with van der Waals surface area (Å²) in [6, 6.07) is 5.95. The third-order valence-electron chi connectivity index (χ3n) is 3.36. The highest BCUT2D eigenvalue weighted by atomic mass is 16.5. The topological polar surface area (TPSA) is 47.4 Å². The summed E-state index contributed by atoms with van der Waals surface area (Å²) in [6.45, 7) is 2.52. The Morgan fingerprint density at radius 1 is 1.45 bits per heavy atom. The molecule has 1 heterocycles. The monoisotopic (exact) mass is 299 g/mol. The van der Waals surface area contributed by atoms with E-state index in [4.69, 9.17) is 4.74 Å². The van der Waals surface area contributed by atoms with Gasteiger partial charge in [-0.05, 0) is 19.1 Å². The number of nitrogens with zero attached hydrogens (tertiary/aromatic N) is 3. The summed E-state index contributed by atoms with van der Waals surface area (Å²) in [7, 11) is 5.26. The van der Waals surface area contributed by atoms with Gasteiger partial charge in [0.1, 0.15) is 5.75 Å². The number of carbonyl (C=O) groups excluding carboxylic acids is 1. The quantitative estimate of drug-likeness (QED) is 0.797. The summed E-state index contributed by atoms with van der Waals surface area (Å²) in [5.74, 6) is 0.730. The molecule has 5 heteroatoms. The Kier molecular flexibility index (Phi) is 4.99. The van der Waals surface area contributed by atoms with Crippen molar-refractivity contribution in [2.24, 2.45) is 7.05 Å². The first-order valence-corrected chi connectivity index (χ1v) is 7.05. The van der Waals surface area contributed by atoms with E-state index in [1.54, 1.807) is 42.1 Å². The van der Waals surface area contributed by atoms with Crippen LogP contribution in [0.5, 0.6) is 5.75 Å². The molecule has 0 N–H and O–H groups in total. The van der Waals surface area contributed by atoms with Crippen LogP contribution >= 0.6 is 0 Å². The van der Waals surface area contributed by atoms with E-state index in [0.29, 0.717) is 6.54 Å². The number of carbonyl (C=O) groups is 1. The minimum absolute atomic E-state index is 0.0626. The highest BCUT2D eigenvalue weighted by molar-refractivity contribution is 5.91. The van der Waals surface area contributed by atoms with Crippen molar-refractivity contribution in [2.45, 2.75) is 13.5 Å². The van der Waals surface area contributed by atoms with Crippen LogP contribution in [0.15, 0.2) is 36.7 Å². The minimum Gasteiger partial charge on any atom is -0.496 e. The van der Waals surface area contributed by atoms with Crippen LogP contribution in [0.2, 0.25) is 0 Å². The Labute approximate surface area is 130 Å². The highest BCUT2D eigenvalue weighted by Gasteiger charge is 2.10. The maximum atomic E-state index is 12.2. The molecule has 0 saturated carbocycles. The Bertz CT molecular complexity index is 689. The van der Waals surface area contributed by atoms with Gasteiger partial charge in [-0.25, -0.2) is 0 Å². The van der Waals surface area contributed by atoms with E-state index in [1.807, 2.05) is 38.4 Å². The van der Waals surface area contributed by atoms with Gasteiger partial charge in [-0.15, -0.1) is 0 Å². The molecule has 0 aliphatic carbocycles. The zero-order valence-corrected chi connectivity index (χ0v) is 13.4. The van der Waals surface area contributed by atoms with E-state index in [0.717, 1.165) is 22.4 Å². The van der Waals surface area contributed by atoms with Crippen LogP contribution in [0.1, 0.15) is 16.7 Å².